The minimum atomic E-state index is -0.205. The maximum atomic E-state index is 10.4. The van der Waals surface area contributed by atoms with E-state index in [1.54, 1.807) is 6.92 Å². The Morgan fingerprint density at radius 1 is 1.67 bits per heavy atom. The molecule has 0 aromatic rings. The fourth-order valence-electron chi connectivity index (χ4n) is 0.353. The summed E-state index contributed by atoms with van der Waals surface area (Å²) in [6, 6.07) is 0. The largest absolute Gasteiger partial charge is 0.466 e. The Morgan fingerprint density at radius 2 is 2.33 bits per heavy atom. The molecule has 0 aromatic carbocycles. The summed E-state index contributed by atoms with van der Waals surface area (Å²) in [7, 11) is 0. The molecule has 0 bridgehead atoms. The van der Waals surface area contributed by atoms with E-state index in [4.69, 9.17) is 5.11 Å². The lowest BCUT2D eigenvalue weighted by atomic mass is 10.5. The van der Waals surface area contributed by atoms with E-state index in [2.05, 4.69) is 4.74 Å². The molecule has 3 heteroatoms. The molecule has 0 aliphatic carbocycles. The van der Waals surface area contributed by atoms with Crippen molar-refractivity contribution in [2.24, 2.45) is 0 Å². The summed E-state index contributed by atoms with van der Waals surface area (Å²) >= 11 is 0. The highest BCUT2D eigenvalue weighted by atomic mass is 16.5. The maximum absolute atomic E-state index is 10.4. The van der Waals surface area contributed by atoms with Crippen molar-refractivity contribution in [3.05, 3.63) is 0 Å². The molecule has 1 N–H and O–H groups in total. The van der Waals surface area contributed by atoms with Gasteiger partial charge in [-0.25, -0.2) is 0 Å². The second-order valence-electron chi connectivity index (χ2n) is 1.65. The lowest BCUT2D eigenvalue weighted by molar-refractivity contribution is -0.143. The zero-order valence-electron chi connectivity index (χ0n) is 5.59. The van der Waals surface area contributed by atoms with Gasteiger partial charge in [-0.1, -0.05) is 6.92 Å². The fourth-order valence-corrected chi connectivity index (χ4v) is 0.353. The first-order valence-corrected chi connectivity index (χ1v) is 3.07. The molecular weight excluding hydrogens is 120 g/mol. The maximum Gasteiger partial charge on any atom is 0.305 e. The molecular formula is C6H12O3. The molecule has 0 aliphatic rings. The zero-order valence-corrected chi connectivity index (χ0v) is 5.59. The van der Waals surface area contributed by atoms with Crippen molar-refractivity contribution in [2.45, 2.75) is 19.8 Å². The van der Waals surface area contributed by atoms with E-state index in [-0.39, 0.29) is 12.6 Å². The Balaban J connectivity index is 2.97. The van der Waals surface area contributed by atoms with Crippen LogP contribution in [-0.4, -0.2) is 24.3 Å². The van der Waals surface area contributed by atoms with Crippen LogP contribution in [0.1, 0.15) is 19.8 Å². The van der Waals surface area contributed by atoms with Gasteiger partial charge in [0, 0.05) is 19.4 Å². The van der Waals surface area contributed by atoms with E-state index in [9.17, 15) is 4.79 Å². The molecule has 54 valence electrons. The molecule has 0 saturated carbocycles. The third-order valence-electron chi connectivity index (χ3n) is 0.854. The van der Waals surface area contributed by atoms with E-state index in [1.807, 2.05) is 0 Å². The topological polar surface area (TPSA) is 46.5 Å². The van der Waals surface area contributed by atoms with Gasteiger partial charge < -0.3 is 9.84 Å². The molecule has 0 saturated heterocycles. The van der Waals surface area contributed by atoms with Crippen molar-refractivity contribution < 1.29 is 14.6 Å². The van der Waals surface area contributed by atoms with Crippen LogP contribution >= 0.6 is 0 Å². The minimum absolute atomic E-state index is 0.0804. The van der Waals surface area contributed by atoms with Gasteiger partial charge in [-0.2, -0.15) is 0 Å². The van der Waals surface area contributed by atoms with Crippen molar-refractivity contribution >= 4 is 5.97 Å². The highest BCUT2D eigenvalue weighted by Crippen LogP contribution is 1.85. The van der Waals surface area contributed by atoms with Gasteiger partial charge in [0.2, 0.25) is 0 Å². The molecule has 0 aromatic heterocycles. The molecule has 0 radical (unpaired) electrons. The van der Waals surface area contributed by atoms with Gasteiger partial charge in [0.15, 0.2) is 0 Å². The van der Waals surface area contributed by atoms with Crippen LogP contribution in [0.2, 0.25) is 0 Å². The van der Waals surface area contributed by atoms with Gasteiger partial charge in [0.1, 0.15) is 0 Å². The lowest BCUT2D eigenvalue weighted by Crippen LogP contribution is -2.04. The molecule has 3 nitrogen and oxygen atoms in total. The quantitative estimate of drug-likeness (QED) is 0.442. The van der Waals surface area contributed by atoms with E-state index in [1.165, 1.54) is 0 Å². The first-order valence-electron chi connectivity index (χ1n) is 3.07. The number of rotatable bonds is 4. The van der Waals surface area contributed by atoms with Crippen LogP contribution in [-0.2, 0) is 9.53 Å². The highest BCUT2D eigenvalue weighted by molar-refractivity contribution is 5.68. The third-order valence-corrected chi connectivity index (χ3v) is 0.854. The molecule has 0 spiro atoms. The Bertz CT molecular complexity index is 80.4. The number of aliphatic hydroxyl groups is 1. The Morgan fingerprint density at radius 3 is 2.78 bits per heavy atom. The Kier molecular flexibility index (Phi) is 5.21. The number of esters is 1. The summed E-state index contributed by atoms with van der Waals surface area (Å²) < 4.78 is 4.63. The Labute approximate surface area is 54.6 Å². The number of carbonyl (C=O) groups is 1. The van der Waals surface area contributed by atoms with Gasteiger partial charge in [0.05, 0.1) is 6.61 Å². The molecule has 0 fully saturated rings. The molecule has 0 atom stereocenters. The number of aliphatic hydroxyl groups excluding tert-OH is 1. The summed E-state index contributed by atoms with van der Waals surface area (Å²) in [5.74, 6) is -0.205. The predicted octanol–water partition coefficient (Wildman–Crippen LogP) is 0.322. The van der Waals surface area contributed by atoms with Crippen molar-refractivity contribution in [2.75, 3.05) is 13.2 Å². The first-order chi connectivity index (χ1) is 4.31. The number of ether oxygens (including phenoxy) is 1. The van der Waals surface area contributed by atoms with E-state index >= 15 is 0 Å². The van der Waals surface area contributed by atoms with Crippen LogP contribution in [0.15, 0.2) is 0 Å². The van der Waals surface area contributed by atoms with Crippen LogP contribution in [0.25, 0.3) is 0 Å². The van der Waals surface area contributed by atoms with Crippen LogP contribution in [0.4, 0.5) is 0 Å². The highest BCUT2D eigenvalue weighted by Gasteiger charge is 1.94. The van der Waals surface area contributed by atoms with Crippen LogP contribution in [0.3, 0.4) is 0 Å². The smallest absolute Gasteiger partial charge is 0.305 e. The Hall–Kier alpha value is -0.570. The summed E-state index contributed by atoms with van der Waals surface area (Å²) in [4.78, 5) is 10.4. The normalized spacial score (nSPS) is 9.11. The summed E-state index contributed by atoms with van der Waals surface area (Å²) in [6.45, 7) is 2.15. The molecule has 0 amide bonds. The molecule has 0 heterocycles. The summed E-state index contributed by atoms with van der Waals surface area (Å²) in [5.41, 5.74) is 0. The molecule has 0 aliphatic heterocycles. The minimum Gasteiger partial charge on any atom is -0.466 e. The summed E-state index contributed by atoms with van der Waals surface area (Å²) in [6.07, 6.45) is 0.942. The van der Waals surface area contributed by atoms with Crippen molar-refractivity contribution in [3.8, 4) is 0 Å². The average molecular weight is 132 g/mol. The third kappa shape index (κ3) is 5.30. The predicted molar refractivity (Wildman–Crippen MR) is 33.0 cm³/mol. The molecule has 0 rings (SSSR count). The van der Waals surface area contributed by atoms with Gasteiger partial charge in [-0.3, -0.25) is 4.79 Å². The fraction of sp³-hybridized carbons (Fsp3) is 0.833. The van der Waals surface area contributed by atoms with E-state index < -0.39 is 0 Å². The van der Waals surface area contributed by atoms with Crippen molar-refractivity contribution in [3.63, 3.8) is 0 Å². The molecule has 0 unspecified atom stereocenters. The van der Waals surface area contributed by atoms with Crippen LogP contribution in [0.5, 0.6) is 0 Å². The monoisotopic (exact) mass is 132 g/mol. The van der Waals surface area contributed by atoms with Gasteiger partial charge >= 0.3 is 5.97 Å². The second kappa shape index (κ2) is 5.56. The number of carbonyl (C=O) groups excluding carboxylic acids is 1. The molecule has 9 heavy (non-hydrogen) atoms. The van der Waals surface area contributed by atoms with Gasteiger partial charge in [-0.15, -0.1) is 0 Å². The van der Waals surface area contributed by atoms with Gasteiger partial charge in [-0.05, 0) is 0 Å². The zero-order chi connectivity index (χ0) is 7.11. The van der Waals surface area contributed by atoms with Gasteiger partial charge in [0.25, 0.3) is 0 Å². The average Bonchev–Trinajstić information content (AvgIpc) is 1.89. The first kappa shape index (κ1) is 8.43. The van der Waals surface area contributed by atoms with E-state index in [0.717, 1.165) is 0 Å². The summed E-state index contributed by atoms with van der Waals surface area (Å²) in [5, 5.41) is 8.26. The number of hydrogen-bond donors (Lipinski definition) is 1. The standard InChI is InChI=1S/C6H12O3/c1-2-6(8)9-5-3-4-7/h7H,2-5H2,1H3. The number of hydrogen-bond acceptors (Lipinski definition) is 3. The van der Waals surface area contributed by atoms with Crippen molar-refractivity contribution in [1.82, 2.24) is 0 Å². The van der Waals surface area contributed by atoms with Crippen LogP contribution in [0, 0.1) is 0 Å². The van der Waals surface area contributed by atoms with E-state index in [0.29, 0.717) is 19.4 Å². The SMILES string of the molecule is CCC(=O)OCCCO. The second-order valence-corrected chi connectivity index (χ2v) is 1.65. The van der Waals surface area contributed by atoms with Crippen LogP contribution < -0.4 is 0 Å². The lowest BCUT2D eigenvalue weighted by Gasteiger charge is -1.98. The van der Waals surface area contributed by atoms with Crippen molar-refractivity contribution in [1.29, 1.82) is 0 Å².